The molecule has 1 saturated carbocycles. The molecule has 0 bridgehead atoms. The topological polar surface area (TPSA) is 80.5 Å². The molecule has 1 unspecified atom stereocenters. The van der Waals surface area contributed by atoms with Gasteiger partial charge in [-0.3, -0.25) is 4.79 Å². The van der Waals surface area contributed by atoms with Gasteiger partial charge in [-0.05, 0) is 19.3 Å². The Morgan fingerprint density at radius 1 is 1.42 bits per heavy atom. The van der Waals surface area contributed by atoms with Crippen LogP contribution in [0.25, 0.3) is 0 Å². The Morgan fingerprint density at radius 2 is 2.16 bits per heavy atom. The van der Waals surface area contributed by atoms with Gasteiger partial charge in [-0.25, -0.2) is 8.42 Å². The van der Waals surface area contributed by atoms with E-state index in [0.29, 0.717) is 18.9 Å². The van der Waals surface area contributed by atoms with Crippen molar-refractivity contribution in [2.75, 3.05) is 19.3 Å². The van der Waals surface area contributed by atoms with E-state index < -0.39 is 15.1 Å². The highest BCUT2D eigenvalue weighted by atomic mass is 32.2. The largest absolute Gasteiger partial charge is 0.360 e. The number of carbonyl (C=O) groups is 1. The standard InChI is InChI=1S/C12H16N2O4S/c1-19(16,17)9-4-5-14(7-9)12(15)10-6-11(18-13-10)8-2-3-8/h6,8-9H,2-5,7H2,1H3. The molecule has 1 aliphatic carbocycles. The minimum atomic E-state index is -3.09. The molecule has 1 aliphatic heterocycles. The Kier molecular flexibility index (Phi) is 2.88. The summed E-state index contributed by atoms with van der Waals surface area (Å²) in [6, 6.07) is 1.69. The van der Waals surface area contributed by atoms with Crippen LogP contribution in [-0.2, 0) is 9.84 Å². The molecular formula is C12H16N2O4S. The Bertz CT molecular complexity index is 603. The summed E-state index contributed by atoms with van der Waals surface area (Å²) in [5.74, 6) is 0.945. The van der Waals surface area contributed by atoms with Crippen LogP contribution >= 0.6 is 0 Å². The van der Waals surface area contributed by atoms with Gasteiger partial charge in [-0.2, -0.15) is 0 Å². The average molecular weight is 284 g/mol. The summed E-state index contributed by atoms with van der Waals surface area (Å²) in [6.07, 6.45) is 3.89. The van der Waals surface area contributed by atoms with Crippen molar-refractivity contribution in [3.05, 3.63) is 17.5 Å². The molecule has 2 heterocycles. The maximum absolute atomic E-state index is 12.2. The summed E-state index contributed by atoms with van der Waals surface area (Å²) in [5.41, 5.74) is 0.288. The van der Waals surface area contributed by atoms with Gasteiger partial charge in [0.25, 0.3) is 5.91 Å². The van der Waals surface area contributed by atoms with Crippen LogP contribution in [0.4, 0.5) is 0 Å². The number of carbonyl (C=O) groups excluding carboxylic acids is 1. The predicted molar refractivity (Wildman–Crippen MR) is 67.6 cm³/mol. The predicted octanol–water partition coefficient (Wildman–Crippen LogP) is 0.811. The molecule has 0 aromatic carbocycles. The summed E-state index contributed by atoms with van der Waals surface area (Å²) in [7, 11) is -3.09. The number of hydrogen-bond donors (Lipinski definition) is 0. The van der Waals surface area contributed by atoms with Gasteiger partial charge in [0, 0.05) is 31.3 Å². The lowest BCUT2D eigenvalue weighted by Gasteiger charge is -2.13. The SMILES string of the molecule is CS(=O)(=O)C1CCN(C(=O)c2cc(C3CC3)on2)C1. The molecule has 7 heteroatoms. The van der Waals surface area contributed by atoms with Crippen LogP contribution < -0.4 is 0 Å². The number of nitrogens with zero attached hydrogens (tertiary/aromatic N) is 2. The zero-order valence-corrected chi connectivity index (χ0v) is 11.5. The van der Waals surface area contributed by atoms with Crippen molar-refractivity contribution in [3.63, 3.8) is 0 Å². The first kappa shape index (κ1) is 12.7. The van der Waals surface area contributed by atoms with E-state index >= 15 is 0 Å². The molecule has 2 fully saturated rings. The Hall–Kier alpha value is -1.37. The van der Waals surface area contributed by atoms with E-state index in [1.807, 2.05) is 0 Å². The number of sulfone groups is 1. The number of likely N-dealkylation sites (tertiary alicyclic amines) is 1. The molecule has 0 N–H and O–H groups in total. The van der Waals surface area contributed by atoms with E-state index in [0.717, 1.165) is 18.6 Å². The van der Waals surface area contributed by atoms with Gasteiger partial charge in [-0.1, -0.05) is 5.16 Å². The Labute approximate surface area is 111 Å². The molecule has 104 valence electrons. The number of rotatable bonds is 3. The number of amides is 1. The monoisotopic (exact) mass is 284 g/mol. The second-order valence-corrected chi connectivity index (χ2v) is 7.71. The molecular weight excluding hydrogens is 268 g/mol. The van der Waals surface area contributed by atoms with Crippen LogP contribution in [0.5, 0.6) is 0 Å². The molecule has 0 radical (unpaired) electrons. The van der Waals surface area contributed by atoms with Crippen molar-refractivity contribution >= 4 is 15.7 Å². The summed E-state index contributed by atoms with van der Waals surface area (Å²) in [5, 5.41) is 3.34. The van der Waals surface area contributed by atoms with Crippen LogP contribution in [-0.4, -0.2) is 49.0 Å². The van der Waals surface area contributed by atoms with Gasteiger partial charge in [-0.15, -0.1) is 0 Å². The third-order valence-electron chi connectivity index (χ3n) is 3.76. The van der Waals surface area contributed by atoms with Crippen molar-refractivity contribution in [2.45, 2.75) is 30.4 Å². The van der Waals surface area contributed by atoms with Gasteiger partial charge in [0.2, 0.25) is 0 Å². The lowest BCUT2D eigenvalue weighted by atomic mass is 10.2. The van der Waals surface area contributed by atoms with Crippen molar-refractivity contribution < 1.29 is 17.7 Å². The van der Waals surface area contributed by atoms with Crippen LogP contribution in [0.15, 0.2) is 10.6 Å². The van der Waals surface area contributed by atoms with E-state index in [1.165, 1.54) is 6.26 Å². The van der Waals surface area contributed by atoms with E-state index in [9.17, 15) is 13.2 Å². The van der Waals surface area contributed by atoms with Crippen molar-refractivity contribution in [2.24, 2.45) is 0 Å². The molecule has 6 nitrogen and oxygen atoms in total. The van der Waals surface area contributed by atoms with E-state index in [1.54, 1.807) is 11.0 Å². The highest BCUT2D eigenvalue weighted by molar-refractivity contribution is 7.91. The molecule has 3 rings (SSSR count). The second kappa shape index (κ2) is 4.33. The van der Waals surface area contributed by atoms with Crippen molar-refractivity contribution in [3.8, 4) is 0 Å². The molecule has 1 aromatic heterocycles. The zero-order valence-electron chi connectivity index (χ0n) is 10.7. The third-order valence-corrected chi connectivity index (χ3v) is 5.36. The minimum Gasteiger partial charge on any atom is -0.360 e. The van der Waals surface area contributed by atoms with Crippen LogP contribution in [0.2, 0.25) is 0 Å². The number of hydrogen-bond acceptors (Lipinski definition) is 5. The highest BCUT2D eigenvalue weighted by Gasteiger charge is 2.35. The molecule has 1 saturated heterocycles. The fraction of sp³-hybridized carbons (Fsp3) is 0.667. The molecule has 1 atom stereocenters. The van der Waals surface area contributed by atoms with Gasteiger partial charge < -0.3 is 9.42 Å². The first-order valence-corrected chi connectivity index (χ1v) is 8.35. The Morgan fingerprint density at radius 3 is 2.74 bits per heavy atom. The van der Waals surface area contributed by atoms with Gasteiger partial charge in [0.15, 0.2) is 15.5 Å². The normalized spacial score (nSPS) is 23.8. The molecule has 2 aliphatic rings. The average Bonchev–Trinajstić information content (AvgIpc) is 2.91. The minimum absolute atomic E-state index is 0.234. The number of aromatic nitrogens is 1. The van der Waals surface area contributed by atoms with Gasteiger partial charge >= 0.3 is 0 Å². The third kappa shape index (κ3) is 2.51. The zero-order chi connectivity index (χ0) is 13.6. The first-order chi connectivity index (χ1) is 8.95. The summed E-state index contributed by atoms with van der Waals surface area (Å²) < 4.78 is 28.1. The summed E-state index contributed by atoms with van der Waals surface area (Å²) in [6.45, 7) is 0.714. The van der Waals surface area contributed by atoms with Crippen LogP contribution in [0.1, 0.15) is 41.4 Å². The molecule has 0 spiro atoms. The van der Waals surface area contributed by atoms with E-state index in [2.05, 4.69) is 5.16 Å². The Balaban J connectivity index is 1.70. The fourth-order valence-electron chi connectivity index (χ4n) is 2.37. The van der Waals surface area contributed by atoms with E-state index in [4.69, 9.17) is 4.52 Å². The first-order valence-electron chi connectivity index (χ1n) is 6.40. The lowest BCUT2D eigenvalue weighted by Crippen LogP contribution is -2.31. The van der Waals surface area contributed by atoms with Crippen LogP contribution in [0, 0.1) is 0 Å². The van der Waals surface area contributed by atoms with Crippen LogP contribution in [0.3, 0.4) is 0 Å². The highest BCUT2D eigenvalue weighted by Crippen LogP contribution is 2.40. The second-order valence-electron chi connectivity index (χ2n) is 5.38. The van der Waals surface area contributed by atoms with Gasteiger partial charge in [0.05, 0.1) is 5.25 Å². The fourth-order valence-corrected chi connectivity index (χ4v) is 3.36. The lowest BCUT2D eigenvalue weighted by molar-refractivity contribution is 0.0783. The smallest absolute Gasteiger partial charge is 0.276 e. The van der Waals surface area contributed by atoms with Gasteiger partial charge in [0.1, 0.15) is 5.76 Å². The molecule has 19 heavy (non-hydrogen) atoms. The molecule has 1 aromatic rings. The quantitative estimate of drug-likeness (QED) is 0.820. The summed E-state index contributed by atoms with van der Waals surface area (Å²) >= 11 is 0. The van der Waals surface area contributed by atoms with Crippen molar-refractivity contribution in [1.29, 1.82) is 0 Å². The summed E-state index contributed by atoms with van der Waals surface area (Å²) in [4.78, 5) is 13.7. The van der Waals surface area contributed by atoms with E-state index in [-0.39, 0.29) is 18.1 Å². The van der Waals surface area contributed by atoms with Crippen molar-refractivity contribution in [1.82, 2.24) is 10.1 Å². The molecule has 1 amide bonds. The maximum Gasteiger partial charge on any atom is 0.276 e. The maximum atomic E-state index is 12.2.